The Balaban J connectivity index is 3.25. The van der Waals surface area contributed by atoms with Crippen LogP contribution < -0.4 is 4.74 Å². The summed E-state index contributed by atoms with van der Waals surface area (Å²) in [5.41, 5.74) is -0.318. The summed E-state index contributed by atoms with van der Waals surface area (Å²) >= 11 is 5.71. The largest absolute Gasteiger partial charge is 0.462 e. The molecule has 0 fully saturated rings. The average Bonchev–Trinajstić information content (AvgIpc) is 2.30. The summed E-state index contributed by atoms with van der Waals surface area (Å²) in [6, 6.07) is 3.74. The van der Waals surface area contributed by atoms with E-state index in [9.17, 15) is 13.6 Å². The van der Waals surface area contributed by atoms with Crippen LogP contribution in [0.25, 0.3) is 0 Å². The Morgan fingerprint density at radius 3 is 2.72 bits per heavy atom. The molecular formula is C11H8ClF2NO3. The SMILES string of the molecule is CCOC(=O)c1cc(Cl)c(C#N)cc1OC(F)F. The number of nitriles is 1. The molecule has 1 aromatic carbocycles. The van der Waals surface area contributed by atoms with E-state index in [4.69, 9.17) is 16.9 Å². The summed E-state index contributed by atoms with van der Waals surface area (Å²) in [6.45, 7) is -1.48. The lowest BCUT2D eigenvalue weighted by Gasteiger charge is -2.11. The Morgan fingerprint density at radius 2 is 2.22 bits per heavy atom. The molecule has 0 spiro atoms. The lowest BCUT2D eigenvalue weighted by atomic mass is 10.1. The van der Waals surface area contributed by atoms with E-state index in [0.29, 0.717) is 0 Å². The van der Waals surface area contributed by atoms with Gasteiger partial charge in [0.25, 0.3) is 0 Å². The molecule has 1 rings (SSSR count). The number of hydrogen-bond acceptors (Lipinski definition) is 4. The zero-order valence-corrected chi connectivity index (χ0v) is 10.0. The van der Waals surface area contributed by atoms with Crippen molar-refractivity contribution >= 4 is 17.6 Å². The van der Waals surface area contributed by atoms with Gasteiger partial charge >= 0.3 is 12.6 Å². The Labute approximate surface area is 107 Å². The van der Waals surface area contributed by atoms with E-state index in [1.807, 2.05) is 0 Å². The summed E-state index contributed by atoms with van der Waals surface area (Å²) in [5, 5.41) is 8.68. The van der Waals surface area contributed by atoms with E-state index in [0.717, 1.165) is 12.1 Å². The summed E-state index contributed by atoms with van der Waals surface area (Å²) in [4.78, 5) is 11.5. The van der Waals surface area contributed by atoms with Gasteiger partial charge in [-0.25, -0.2) is 4.79 Å². The Hall–Kier alpha value is -1.87. The molecule has 0 saturated heterocycles. The number of alkyl halides is 2. The maximum atomic E-state index is 12.2. The maximum absolute atomic E-state index is 12.2. The number of rotatable bonds is 4. The quantitative estimate of drug-likeness (QED) is 0.793. The van der Waals surface area contributed by atoms with Crippen molar-refractivity contribution in [3.8, 4) is 11.8 Å². The van der Waals surface area contributed by atoms with Gasteiger partial charge in [0.05, 0.1) is 17.2 Å². The predicted molar refractivity (Wildman–Crippen MR) is 58.8 cm³/mol. The van der Waals surface area contributed by atoms with Gasteiger partial charge < -0.3 is 9.47 Å². The van der Waals surface area contributed by atoms with Crippen LogP contribution in [0.3, 0.4) is 0 Å². The van der Waals surface area contributed by atoms with Crippen LogP contribution in [0, 0.1) is 11.3 Å². The van der Waals surface area contributed by atoms with Crippen molar-refractivity contribution in [1.29, 1.82) is 5.26 Å². The number of benzene rings is 1. The zero-order chi connectivity index (χ0) is 13.7. The van der Waals surface area contributed by atoms with Gasteiger partial charge in [0.1, 0.15) is 17.4 Å². The molecule has 4 nitrogen and oxygen atoms in total. The standard InChI is InChI=1S/C11H8ClF2NO3/c1-2-17-10(16)7-4-8(12)6(5-15)3-9(7)18-11(13)14/h3-4,11H,2H2,1H3. The summed E-state index contributed by atoms with van der Waals surface area (Å²) in [7, 11) is 0. The van der Waals surface area contributed by atoms with E-state index < -0.39 is 18.3 Å². The summed E-state index contributed by atoms with van der Waals surface area (Å²) in [5.74, 6) is -1.29. The van der Waals surface area contributed by atoms with Crippen molar-refractivity contribution in [1.82, 2.24) is 0 Å². The van der Waals surface area contributed by atoms with Crippen molar-refractivity contribution in [3.63, 3.8) is 0 Å². The fraction of sp³-hybridized carbons (Fsp3) is 0.273. The van der Waals surface area contributed by atoms with Crippen LogP contribution in [0.4, 0.5) is 8.78 Å². The highest BCUT2D eigenvalue weighted by Gasteiger charge is 2.19. The molecule has 1 aromatic rings. The number of hydrogen-bond donors (Lipinski definition) is 0. The van der Waals surface area contributed by atoms with E-state index in [-0.39, 0.29) is 22.8 Å². The molecule has 0 aliphatic carbocycles. The molecule has 0 radical (unpaired) electrons. The smallest absolute Gasteiger partial charge is 0.387 e. The molecule has 0 aromatic heterocycles. The molecule has 0 N–H and O–H groups in total. The molecule has 0 bridgehead atoms. The fourth-order valence-corrected chi connectivity index (χ4v) is 1.41. The molecule has 0 unspecified atom stereocenters. The van der Waals surface area contributed by atoms with Gasteiger partial charge in [0.15, 0.2) is 0 Å². The van der Waals surface area contributed by atoms with E-state index in [2.05, 4.69) is 9.47 Å². The van der Waals surface area contributed by atoms with Crippen molar-refractivity contribution in [3.05, 3.63) is 28.3 Å². The highest BCUT2D eigenvalue weighted by molar-refractivity contribution is 6.32. The third-order valence-corrected chi connectivity index (χ3v) is 2.21. The number of nitrogens with zero attached hydrogens (tertiary/aromatic N) is 1. The van der Waals surface area contributed by atoms with Gasteiger partial charge in [0, 0.05) is 6.07 Å². The highest BCUT2D eigenvalue weighted by atomic mass is 35.5. The van der Waals surface area contributed by atoms with Gasteiger partial charge in [-0.15, -0.1) is 0 Å². The predicted octanol–water partition coefficient (Wildman–Crippen LogP) is 2.99. The summed E-state index contributed by atoms with van der Waals surface area (Å²) in [6.07, 6.45) is 0. The number of carbonyl (C=O) groups excluding carboxylic acids is 1. The Bertz CT molecular complexity index is 500. The minimum absolute atomic E-state index is 0.0397. The van der Waals surface area contributed by atoms with Gasteiger partial charge in [-0.2, -0.15) is 14.0 Å². The number of esters is 1. The highest BCUT2D eigenvalue weighted by Crippen LogP contribution is 2.28. The molecule has 0 atom stereocenters. The van der Waals surface area contributed by atoms with Crippen LogP contribution >= 0.6 is 11.6 Å². The second-order valence-corrected chi connectivity index (χ2v) is 3.45. The summed E-state index contributed by atoms with van der Waals surface area (Å²) < 4.78 is 33.2. The second kappa shape index (κ2) is 6.17. The zero-order valence-electron chi connectivity index (χ0n) is 9.25. The molecule has 0 aliphatic rings. The number of ether oxygens (including phenoxy) is 2. The Kier molecular flexibility index (Phi) is 4.86. The van der Waals surface area contributed by atoms with Crippen LogP contribution in [0.1, 0.15) is 22.8 Å². The molecule has 0 amide bonds. The number of halogens is 3. The minimum Gasteiger partial charge on any atom is -0.462 e. The van der Waals surface area contributed by atoms with Crippen LogP contribution in [0.15, 0.2) is 12.1 Å². The third-order valence-electron chi connectivity index (χ3n) is 1.90. The number of carbonyl (C=O) groups is 1. The van der Waals surface area contributed by atoms with E-state index in [1.165, 1.54) is 0 Å². The van der Waals surface area contributed by atoms with Gasteiger partial charge in [0.2, 0.25) is 0 Å². The first kappa shape index (κ1) is 14.2. The van der Waals surface area contributed by atoms with Crippen molar-refractivity contribution in [2.75, 3.05) is 6.61 Å². The van der Waals surface area contributed by atoms with Gasteiger partial charge in [-0.05, 0) is 13.0 Å². The Morgan fingerprint density at radius 1 is 1.56 bits per heavy atom. The molecule has 0 heterocycles. The lowest BCUT2D eigenvalue weighted by Crippen LogP contribution is -2.11. The minimum atomic E-state index is -3.12. The molecule has 18 heavy (non-hydrogen) atoms. The normalized spacial score (nSPS) is 10.0. The van der Waals surface area contributed by atoms with Crippen molar-refractivity contribution in [2.45, 2.75) is 13.5 Å². The van der Waals surface area contributed by atoms with Crippen LogP contribution in [0.5, 0.6) is 5.75 Å². The molecule has 96 valence electrons. The molecule has 7 heteroatoms. The average molecular weight is 276 g/mol. The monoisotopic (exact) mass is 275 g/mol. The fourth-order valence-electron chi connectivity index (χ4n) is 1.20. The maximum Gasteiger partial charge on any atom is 0.387 e. The van der Waals surface area contributed by atoms with Crippen molar-refractivity contribution < 1.29 is 23.0 Å². The van der Waals surface area contributed by atoms with Crippen LogP contribution in [-0.2, 0) is 4.74 Å². The molecule has 0 saturated carbocycles. The van der Waals surface area contributed by atoms with E-state index >= 15 is 0 Å². The first-order chi connectivity index (χ1) is 8.49. The first-order valence-electron chi connectivity index (χ1n) is 4.85. The van der Waals surface area contributed by atoms with Gasteiger partial charge in [-0.3, -0.25) is 0 Å². The van der Waals surface area contributed by atoms with Crippen LogP contribution in [0.2, 0.25) is 5.02 Å². The van der Waals surface area contributed by atoms with E-state index in [1.54, 1.807) is 13.0 Å². The molecule has 0 aliphatic heterocycles. The second-order valence-electron chi connectivity index (χ2n) is 3.04. The van der Waals surface area contributed by atoms with Crippen molar-refractivity contribution in [2.24, 2.45) is 0 Å². The topological polar surface area (TPSA) is 59.3 Å². The lowest BCUT2D eigenvalue weighted by molar-refractivity contribution is -0.0504. The van der Waals surface area contributed by atoms with Crippen LogP contribution in [-0.4, -0.2) is 19.2 Å². The molecular weight excluding hydrogens is 268 g/mol. The third kappa shape index (κ3) is 3.31. The van der Waals surface area contributed by atoms with Gasteiger partial charge in [-0.1, -0.05) is 11.6 Å². The first-order valence-corrected chi connectivity index (χ1v) is 5.23.